The largest absolute Gasteiger partial charge is 0.439 e. The van der Waals surface area contributed by atoms with Crippen LogP contribution in [0.5, 0.6) is 11.6 Å². The third-order valence-corrected chi connectivity index (χ3v) is 3.16. The van der Waals surface area contributed by atoms with Crippen LogP contribution in [-0.4, -0.2) is 4.98 Å². The number of rotatable bonds is 4. The Morgan fingerprint density at radius 1 is 0.857 bits per heavy atom. The number of ether oxygens (including phenoxy) is 1. The second-order valence-corrected chi connectivity index (χ2v) is 4.84. The molecular weight excluding hydrogens is 260 g/mol. The summed E-state index contributed by atoms with van der Waals surface area (Å²) in [6.45, 7) is 0. The third-order valence-electron chi connectivity index (χ3n) is 3.16. The summed E-state index contributed by atoms with van der Waals surface area (Å²) in [5.41, 5.74) is 8.88. The highest BCUT2D eigenvalue weighted by Crippen LogP contribution is 2.21. The lowest BCUT2D eigenvalue weighted by Gasteiger charge is -2.06. The standard InChI is InChI=1S/C18H16N2O/c19-16-10-11-20-18(13-16)21-17-8-6-15(7-9-17)12-14-4-2-1-3-5-14/h1-11,13H,12H2,(H2,19,20). The molecule has 0 fully saturated rings. The van der Waals surface area contributed by atoms with Gasteiger partial charge in [0, 0.05) is 18.0 Å². The fourth-order valence-corrected chi connectivity index (χ4v) is 2.11. The first-order valence-corrected chi connectivity index (χ1v) is 6.82. The first kappa shape index (κ1) is 13.2. The molecule has 0 unspecified atom stereocenters. The molecule has 0 amide bonds. The van der Waals surface area contributed by atoms with E-state index in [2.05, 4.69) is 41.4 Å². The maximum absolute atomic E-state index is 5.70. The zero-order chi connectivity index (χ0) is 14.5. The first-order valence-electron chi connectivity index (χ1n) is 6.82. The van der Waals surface area contributed by atoms with Crippen molar-refractivity contribution in [3.63, 3.8) is 0 Å². The molecule has 21 heavy (non-hydrogen) atoms. The number of nitrogens with two attached hydrogens (primary N) is 1. The molecule has 3 aromatic rings. The van der Waals surface area contributed by atoms with Crippen LogP contribution in [0.2, 0.25) is 0 Å². The van der Waals surface area contributed by atoms with E-state index >= 15 is 0 Å². The van der Waals surface area contributed by atoms with Gasteiger partial charge < -0.3 is 10.5 Å². The number of hydrogen-bond acceptors (Lipinski definition) is 3. The van der Waals surface area contributed by atoms with Gasteiger partial charge in [-0.3, -0.25) is 0 Å². The Morgan fingerprint density at radius 3 is 2.29 bits per heavy atom. The van der Waals surface area contributed by atoms with Gasteiger partial charge in [-0.1, -0.05) is 42.5 Å². The Kier molecular flexibility index (Phi) is 3.83. The maximum Gasteiger partial charge on any atom is 0.221 e. The number of pyridine rings is 1. The minimum absolute atomic E-state index is 0.505. The monoisotopic (exact) mass is 276 g/mol. The molecule has 2 aromatic carbocycles. The second-order valence-electron chi connectivity index (χ2n) is 4.84. The van der Waals surface area contributed by atoms with Gasteiger partial charge in [-0.15, -0.1) is 0 Å². The van der Waals surface area contributed by atoms with Crippen LogP contribution in [0.4, 0.5) is 5.69 Å². The average molecular weight is 276 g/mol. The summed E-state index contributed by atoms with van der Waals surface area (Å²) >= 11 is 0. The molecule has 1 heterocycles. The predicted octanol–water partition coefficient (Wildman–Crippen LogP) is 4.05. The Hall–Kier alpha value is -2.81. The van der Waals surface area contributed by atoms with E-state index in [1.807, 2.05) is 18.2 Å². The van der Waals surface area contributed by atoms with Crippen molar-refractivity contribution in [3.05, 3.63) is 84.1 Å². The van der Waals surface area contributed by atoms with Gasteiger partial charge in [0.1, 0.15) is 5.75 Å². The lowest BCUT2D eigenvalue weighted by molar-refractivity contribution is 0.463. The molecule has 0 atom stereocenters. The molecule has 0 saturated heterocycles. The summed E-state index contributed by atoms with van der Waals surface area (Å²) < 4.78 is 5.67. The summed E-state index contributed by atoms with van der Waals surface area (Å²) in [5.74, 6) is 1.26. The number of aromatic nitrogens is 1. The molecule has 0 aliphatic heterocycles. The summed E-state index contributed by atoms with van der Waals surface area (Å²) in [6.07, 6.45) is 2.55. The van der Waals surface area contributed by atoms with Crippen LogP contribution in [0.15, 0.2) is 72.9 Å². The van der Waals surface area contributed by atoms with Crippen LogP contribution in [0.25, 0.3) is 0 Å². The van der Waals surface area contributed by atoms with Gasteiger partial charge in [0.15, 0.2) is 0 Å². The lowest BCUT2D eigenvalue weighted by Crippen LogP contribution is -1.91. The summed E-state index contributed by atoms with van der Waals surface area (Å²) in [5, 5.41) is 0. The van der Waals surface area contributed by atoms with Gasteiger partial charge in [-0.2, -0.15) is 0 Å². The van der Waals surface area contributed by atoms with Crippen molar-refractivity contribution in [2.75, 3.05) is 5.73 Å². The summed E-state index contributed by atoms with van der Waals surface area (Å²) in [7, 11) is 0. The highest BCUT2D eigenvalue weighted by Gasteiger charge is 2.00. The van der Waals surface area contributed by atoms with Crippen LogP contribution < -0.4 is 10.5 Å². The van der Waals surface area contributed by atoms with Crippen LogP contribution >= 0.6 is 0 Å². The zero-order valence-electron chi connectivity index (χ0n) is 11.6. The number of nitrogens with zero attached hydrogens (tertiary/aromatic N) is 1. The van der Waals surface area contributed by atoms with Crippen molar-refractivity contribution in [2.24, 2.45) is 0 Å². The molecule has 104 valence electrons. The topological polar surface area (TPSA) is 48.1 Å². The zero-order valence-corrected chi connectivity index (χ0v) is 11.6. The highest BCUT2D eigenvalue weighted by molar-refractivity contribution is 5.41. The number of benzene rings is 2. The first-order chi connectivity index (χ1) is 10.3. The van der Waals surface area contributed by atoms with E-state index in [9.17, 15) is 0 Å². The molecule has 0 spiro atoms. The molecule has 0 radical (unpaired) electrons. The normalized spacial score (nSPS) is 10.3. The van der Waals surface area contributed by atoms with E-state index in [4.69, 9.17) is 10.5 Å². The summed E-state index contributed by atoms with van der Waals surface area (Å²) in [6, 6.07) is 21.8. The fourth-order valence-electron chi connectivity index (χ4n) is 2.11. The smallest absolute Gasteiger partial charge is 0.221 e. The van der Waals surface area contributed by atoms with Gasteiger partial charge in [0.25, 0.3) is 0 Å². The molecule has 3 heteroatoms. The van der Waals surface area contributed by atoms with Crippen molar-refractivity contribution < 1.29 is 4.74 Å². The third kappa shape index (κ3) is 3.60. The lowest BCUT2D eigenvalue weighted by atomic mass is 10.1. The molecule has 0 bridgehead atoms. The van der Waals surface area contributed by atoms with Crippen molar-refractivity contribution in [2.45, 2.75) is 6.42 Å². The van der Waals surface area contributed by atoms with Crippen LogP contribution in [0.3, 0.4) is 0 Å². The SMILES string of the molecule is Nc1ccnc(Oc2ccc(Cc3ccccc3)cc2)c1. The molecule has 3 rings (SSSR count). The molecule has 0 aliphatic carbocycles. The Balaban J connectivity index is 1.69. The molecule has 1 aromatic heterocycles. The number of nitrogen functional groups attached to an aromatic ring is 1. The van der Waals surface area contributed by atoms with Crippen LogP contribution in [0, 0.1) is 0 Å². The van der Waals surface area contributed by atoms with Gasteiger partial charge in [-0.05, 0) is 35.7 Å². The maximum atomic E-state index is 5.70. The van der Waals surface area contributed by atoms with E-state index in [0.29, 0.717) is 11.6 Å². The van der Waals surface area contributed by atoms with Crippen LogP contribution in [-0.2, 0) is 6.42 Å². The van der Waals surface area contributed by atoms with E-state index in [-0.39, 0.29) is 0 Å². The van der Waals surface area contributed by atoms with E-state index in [1.165, 1.54) is 11.1 Å². The molecule has 2 N–H and O–H groups in total. The second kappa shape index (κ2) is 6.09. The van der Waals surface area contributed by atoms with Gasteiger partial charge in [0.05, 0.1) is 0 Å². The Morgan fingerprint density at radius 2 is 1.57 bits per heavy atom. The van der Waals surface area contributed by atoms with Crippen molar-refractivity contribution in [1.82, 2.24) is 4.98 Å². The van der Waals surface area contributed by atoms with Crippen LogP contribution in [0.1, 0.15) is 11.1 Å². The Bertz CT molecular complexity index is 709. The van der Waals surface area contributed by atoms with Gasteiger partial charge >= 0.3 is 0 Å². The highest BCUT2D eigenvalue weighted by atomic mass is 16.5. The summed E-state index contributed by atoms with van der Waals surface area (Å²) in [4.78, 5) is 4.12. The van der Waals surface area contributed by atoms with Gasteiger partial charge in [0.2, 0.25) is 5.88 Å². The molecule has 0 saturated carbocycles. The van der Waals surface area contributed by atoms with Gasteiger partial charge in [-0.25, -0.2) is 4.98 Å². The minimum Gasteiger partial charge on any atom is -0.439 e. The number of hydrogen-bond donors (Lipinski definition) is 1. The predicted molar refractivity (Wildman–Crippen MR) is 84.4 cm³/mol. The van der Waals surface area contributed by atoms with E-state index < -0.39 is 0 Å². The fraction of sp³-hybridized carbons (Fsp3) is 0.0556. The molecule has 3 nitrogen and oxygen atoms in total. The molecule has 0 aliphatic rings. The quantitative estimate of drug-likeness (QED) is 0.782. The van der Waals surface area contributed by atoms with Crippen molar-refractivity contribution >= 4 is 5.69 Å². The van der Waals surface area contributed by atoms with Crippen molar-refractivity contribution in [3.8, 4) is 11.6 Å². The molecular formula is C18H16N2O. The number of anilines is 1. The minimum atomic E-state index is 0.505. The van der Waals surface area contributed by atoms with E-state index in [0.717, 1.165) is 12.2 Å². The Labute approximate surface area is 124 Å². The average Bonchev–Trinajstić information content (AvgIpc) is 2.50. The van der Waals surface area contributed by atoms with E-state index in [1.54, 1.807) is 18.3 Å². The van der Waals surface area contributed by atoms with Crippen molar-refractivity contribution in [1.29, 1.82) is 0 Å².